The van der Waals surface area contributed by atoms with Crippen LogP contribution in [0.2, 0.25) is 0 Å². The molecule has 0 radical (unpaired) electrons. The quantitative estimate of drug-likeness (QED) is 0.871. The number of carboxylic acids is 1. The van der Waals surface area contributed by atoms with Gasteiger partial charge in [-0.1, -0.05) is 12.1 Å². The molecule has 1 fully saturated rings. The van der Waals surface area contributed by atoms with Crippen LogP contribution in [0.15, 0.2) is 34.9 Å². The van der Waals surface area contributed by atoms with E-state index in [1.54, 1.807) is 0 Å². The van der Waals surface area contributed by atoms with E-state index in [2.05, 4.69) is 4.98 Å². The Morgan fingerprint density at radius 2 is 1.92 bits per heavy atom. The van der Waals surface area contributed by atoms with Crippen molar-refractivity contribution in [1.29, 1.82) is 0 Å². The largest absolute Gasteiger partial charge is 0.476 e. The number of rotatable bonds is 6. The van der Waals surface area contributed by atoms with Gasteiger partial charge in [0.15, 0.2) is 5.69 Å². The predicted molar refractivity (Wildman–Crippen MR) is 77.2 cm³/mol. The van der Waals surface area contributed by atoms with Crippen LogP contribution in [0.5, 0.6) is 0 Å². The van der Waals surface area contributed by atoms with Crippen molar-refractivity contribution < 1.29 is 27.5 Å². The van der Waals surface area contributed by atoms with E-state index in [0.29, 0.717) is 19.1 Å². The molecular weight excluding hydrogens is 325 g/mol. The van der Waals surface area contributed by atoms with E-state index < -0.39 is 17.7 Å². The molecule has 1 heterocycles. The highest BCUT2D eigenvalue weighted by atomic mass is 19.4. The van der Waals surface area contributed by atoms with Crippen LogP contribution in [0.25, 0.3) is 0 Å². The van der Waals surface area contributed by atoms with Gasteiger partial charge in [-0.25, -0.2) is 9.78 Å². The summed E-state index contributed by atoms with van der Waals surface area (Å²) < 4.78 is 42.9. The van der Waals surface area contributed by atoms with Gasteiger partial charge in [-0.3, -0.25) is 4.90 Å². The van der Waals surface area contributed by atoms with Gasteiger partial charge in [0.05, 0.1) is 12.1 Å². The van der Waals surface area contributed by atoms with Gasteiger partial charge in [0.2, 0.25) is 5.89 Å². The molecule has 1 N–H and O–H groups in total. The standard InChI is InChI=1S/C16H15F3N2O3/c17-16(18,19)11-3-1-10(2-4-11)7-21(12-5-6-12)8-14-20-13(9-24-14)15(22)23/h1-4,9,12H,5-8H2,(H,22,23). The second-order valence-corrected chi connectivity index (χ2v) is 5.76. The number of halogens is 3. The molecule has 1 aliphatic carbocycles. The zero-order chi connectivity index (χ0) is 17.3. The van der Waals surface area contributed by atoms with Gasteiger partial charge in [0, 0.05) is 12.6 Å². The van der Waals surface area contributed by atoms with E-state index in [1.165, 1.54) is 12.1 Å². The van der Waals surface area contributed by atoms with Crippen molar-refractivity contribution in [2.75, 3.05) is 0 Å². The molecule has 0 atom stereocenters. The first-order chi connectivity index (χ1) is 11.3. The summed E-state index contributed by atoms with van der Waals surface area (Å²) in [6, 6.07) is 5.35. The van der Waals surface area contributed by atoms with Crippen molar-refractivity contribution in [3.63, 3.8) is 0 Å². The first-order valence-electron chi connectivity index (χ1n) is 7.41. The molecule has 1 saturated carbocycles. The third kappa shape index (κ3) is 3.94. The zero-order valence-corrected chi connectivity index (χ0v) is 12.6. The van der Waals surface area contributed by atoms with Gasteiger partial charge < -0.3 is 9.52 Å². The molecule has 0 saturated heterocycles. The number of aromatic carboxylic acids is 1. The van der Waals surface area contributed by atoms with Crippen LogP contribution in [-0.2, 0) is 19.3 Å². The summed E-state index contributed by atoms with van der Waals surface area (Å²) in [4.78, 5) is 16.7. The zero-order valence-electron chi connectivity index (χ0n) is 12.6. The Hall–Kier alpha value is -2.35. The number of carboxylic acid groups (broad SMARTS) is 1. The maximum atomic E-state index is 12.6. The number of oxazole rings is 1. The fourth-order valence-electron chi connectivity index (χ4n) is 2.44. The fraction of sp³-hybridized carbons (Fsp3) is 0.375. The van der Waals surface area contributed by atoms with Gasteiger partial charge in [0.1, 0.15) is 6.26 Å². The molecule has 0 unspecified atom stereocenters. The minimum absolute atomic E-state index is 0.157. The SMILES string of the molecule is O=C(O)c1coc(CN(Cc2ccc(C(F)(F)F)cc2)C2CC2)n1. The predicted octanol–water partition coefficient (Wildman–Crippen LogP) is 3.56. The second kappa shape index (κ2) is 6.27. The topological polar surface area (TPSA) is 66.6 Å². The van der Waals surface area contributed by atoms with Crippen LogP contribution in [-0.4, -0.2) is 27.0 Å². The summed E-state index contributed by atoms with van der Waals surface area (Å²) in [7, 11) is 0. The third-order valence-electron chi connectivity index (χ3n) is 3.84. The van der Waals surface area contributed by atoms with Crippen molar-refractivity contribution in [2.24, 2.45) is 0 Å². The molecule has 1 aromatic heterocycles. The smallest absolute Gasteiger partial charge is 0.416 e. The maximum Gasteiger partial charge on any atom is 0.416 e. The molecule has 2 aromatic rings. The van der Waals surface area contributed by atoms with Crippen molar-refractivity contribution >= 4 is 5.97 Å². The molecule has 0 amide bonds. The molecule has 3 rings (SSSR count). The van der Waals surface area contributed by atoms with Crippen LogP contribution in [0, 0.1) is 0 Å². The molecule has 1 aromatic carbocycles. The molecule has 5 nitrogen and oxygen atoms in total. The normalized spacial score (nSPS) is 15.0. The lowest BCUT2D eigenvalue weighted by atomic mass is 10.1. The van der Waals surface area contributed by atoms with Crippen LogP contribution in [0.3, 0.4) is 0 Å². The average Bonchev–Trinajstić information content (AvgIpc) is 3.25. The molecule has 0 bridgehead atoms. The summed E-state index contributed by atoms with van der Waals surface area (Å²) in [6.45, 7) is 0.770. The van der Waals surface area contributed by atoms with Gasteiger partial charge in [0.25, 0.3) is 0 Å². The van der Waals surface area contributed by atoms with E-state index in [0.717, 1.165) is 36.8 Å². The van der Waals surface area contributed by atoms with Gasteiger partial charge in [-0.15, -0.1) is 0 Å². The number of alkyl halides is 3. The lowest BCUT2D eigenvalue weighted by Gasteiger charge is -2.20. The monoisotopic (exact) mass is 340 g/mol. The first kappa shape index (κ1) is 16.5. The molecule has 1 aliphatic rings. The van der Waals surface area contributed by atoms with Crippen LogP contribution in [0.1, 0.15) is 40.3 Å². The Morgan fingerprint density at radius 3 is 2.42 bits per heavy atom. The highest BCUT2D eigenvalue weighted by Crippen LogP contribution is 2.31. The summed E-state index contributed by atoms with van der Waals surface area (Å²) >= 11 is 0. The lowest BCUT2D eigenvalue weighted by molar-refractivity contribution is -0.137. The molecule has 0 aliphatic heterocycles. The Balaban J connectivity index is 1.69. The Labute approximate surface area is 135 Å². The van der Waals surface area contributed by atoms with Crippen molar-refractivity contribution in [3.05, 3.63) is 53.2 Å². The number of nitrogens with zero attached hydrogens (tertiary/aromatic N) is 2. The van der Waals surface area contributed by atoms with Gasteiger partial charge >= 0.3 is 12.1 Å². The summed E-state index contributed by atoms with van der Waals surface area (Å²) in [6.07, 6.45) is -1.28. The fourth-order valence-corrected chi connectivity index (χ4v) is 2.44. The van der Waals surface area contributed by atoms with Crippen LogP contribution in [0.4, 0.5) is 13.2 Å². The number of aromatic nitrogens is 1. The Kier molecular flexibility index (Phi) is 4.31. The summed E-state index contributed by atoms with van der Waals surface area (Å²) in [5.41, 5.74) is -0.0850. The third-order valence-corrected chi connectivity index (χ3v) is 3.84. The van der Waals surface area contributed by atoms with Crippen molar-refractivity contribution in [3.8, 4) is 0 Å². The molecule has 24 heavy (non-hydrogen) atoms. The molecule has 128 valence electrons. The van der Waals surface area contributed by atoms with Gasteiger partial charge in [-0.05, 0) is 30.5 Å². The van der Waals surface area contributed by atoms with Crippen molar-refractivity contribution in [1.82, 2.24) is 9.88 Å². The van der Waals surface area contributed by atoms with E-state index in [-0.39, 0.29) is 11.6 Å². The lowest BCUT2D eigenvalue weighted by Crippen LogP contribution is -2.25. The minimum atomic E-state index is -4.35. The number of carbonyl (C=O) groups is 1. The average molecular weight is 340 g/mol. The van der Waals surface area contributed by atoms with E-state index in [9.17, 15) is 18.0 Å². The van der Waals surface area contributed by atoms with E-state index >= 15 is 0 Å². The summed E-state index contributed by atoms with van der Waals surface area (Å²) in [5, 5.41) is 8.85. The highest BCUT2D eigenvalue weighted by Gasteiger charge is 2.32. The maximum absolute atomic E-state index is 12.6. The van der Waals surface area contributed by atoms with Crippen molar-refractivity contribution in [2.45, 2.75) is 38.1 Å². The molecular formula is C16H15F3N2O3. The second-order valence-electron chi connectivity index (χ2n) is 5.76. The van der Waals surface area contributed by atoms with Crippen LogP contribution < -0.4 is 0 Å². The highest BCUT2D eigenvalue weighted by molar-refractivity contribution is 5.84. The minimum Gasteiger partial charge on any atom is -0.476 e. The molecule has 0 spiro atoms. The number of hydrogen-bond acceptors (Lipinski definition) is 4. The number of hydrogen-bond donors (Lipinski definition) is 1. The van der Waals surface area contributed by atoms with Crippen LogP contribution >= 0.6 is 0 Å². The summed E-state index contributed by atoms with van der Waals surface area (Å²) in [5.74, 6) is -0.878. The van der Waals surface area contributed by atoms with Gasteiger partial charge in [-0.2, -0.15) is 13.2 Å². The molecule has 8 heteroatoms. The van der Waals surface area contributed by atoms with E-state index in [4.69, 9.17) is 9.52 Å². The first-order valence-corrected chi connectivity index (χ1v) is 7.41. The Morgan fingerprint density at radius 1 is 1.25 bits per heavy atom. The Bertz CT molecular complexity index is 721. The van der Waals surface area contributed by atoms with E-state index in [1.807, 2.05) is 4.90 Å². The number of benzene rings is 1.